The van der Waals surface area contributed by atoms with Gasteiger partial charge in [0.2, 0.25) is 0 Å². The van der Waals surface area contributed by atoms with Gasteiger partial charge in [0.1, 0.15) is 0 Å². The normalized spacial score (nSPS) is 11.4. The highest BCUT2D eigenvalue weighted by atomic mass is 15.0. The molecule has 11 rings (SSSR count). The minimum absolute atomic E-state index is 0.610. The van der Waals surface area contributed by atoms with E-state index in [0.717, 1.165) is 71.9 Å². The van der Waals surface area contributed by atoms with Crippen LogP contribution in [0.3, 0.4) is 0 Å². The lowest BCUT2D eigenvalue weighted by atomic mass is 9.87. The van der Waals surface area contributed by atoms with Crippen molar-refractivity contribution >= 4 is 43.2 Å². The highest BCUT2D eigenvalue weighted by molar-refractivity contribution is 6.25. The molecule has 0 saturated heterocycles. The van der Waals surface area contributed by atoms with Gasteiger partial charge < -0.3 is 0 Å². The molecule has 2 heterocycles. The van der Waals surface area contributed by atoms with Crippen LogP contribution in [-0.2, 0) is 0 Å². The summed E-state index contributed by atoms with van der Waals surface area (Å²) in [6.45, 7) is 0. The molecule has 0 atom stereocenters. The molecular weight excluding hydrogens is 705 g/mol. The zero-order valence-electron chi connectivity index (χ0n) is 31.4. The van der Waals surface area contributed by atoms with Crippen LogP contribution in [0.2, 0.25) is 0 Å². The van der Waals surface area contributed by atoms with Crippen molar-refractivity contribution in [3.63, 3.8) is 0 Å². The Labute approximate surface area is 335 Å². The molecule has 2 aromatic heterocycles. The summed E-state index contributed by atoms with van der Waals surface area (Å²) in [7, 11) is 0. The smallest absolute Gasteiger partial charge is 0.164 e. The van der Waals surface area contributed by atoms with Gasteiger partial charge in [-0.1, -0.05) is 176 Å². The van der Waals surface area contributed by atoms with E-state index in [1.54, 1.807) is 0 Å². The van der Waals surface area contributed by atoms with Gasteiger partial charge >= 0.3 is 0 Å². The maximum atomic E-state index is 5.33. The minimum atomic E-state index is 0.610. The van der Waals surface area contributed by atoms with Gasteiger partial charge in [-0.15, -0.1) is 0 Å². The molecule has 11 aromatic rings. The Morgan fingerprint density at radius 2 is 0.741 bits per heavy atom. The van der Waals surface area contributed by atoms with Crippen molar-refractivity contribution in [2.45, 2.75) is 0 Å². The number of benzene rings is 9. The Morgan fingerprint density at radius 3 is 1.41 bits per heavy atom. The van der Waals surface area contributed by atoms with E-state index >= 15 is 0 Å². The molecule has 0 unspecified atom stereocenters. The van der Waals surface area contributed by atoms with E-state index in [1.165, 1.54) is 21.5 Å². The maximum Gasteiger partial charge on any atom is 0.164 e. The highest BCUT2D eigenvalue weighted by Crippen LogP contribution is 2.44. The van der Waals surface area contributed by atoms with E-state index in [-0.39, 0.29) is 0 Å². The largest absolute Gasteiger partial charge is 0.247 e. The molecule has 0 bridgehead atoms. The second-order valence-electron chi connectivity index (χ2n) is 14.6. The number of para-hydroxylation sites is 1. The molecule has 270 valence electrons. The van der Waals surface area contributed by atoms with Crippen molar-refractivity contribution in [1.29, 1.82) is 0 Å². The average molecular weight is 739 g/mol. The van der Waals surface area contributed by atoms with E-state index in [9.17, 15) is 0 Å². The van der Waals surface area contributed by atoms with Crippen LogP contribution in [-0.4, -0.2) is 19.9 Å². The van der Waals surface area contributed by atoms with Gasteiger partial charge in [-0.25, -0.2) is 19.9 Å². The van der Waals surface area contributed by atoms with Crippen molar-refractivity contribution in [3.8, 4) is 67.7 Å². The fraction of sp³-hybridized carbons (Fsp3) is 0. The molecule has 0 saturated carbocycles. The van der Waals surface area contributed by atoms with Crippen molar-refractivity contribution in [3.05, 3.63) is 206 Å². The van der Waals surface area contributed by atoms with Crippen LogP contribution in [0, 0.1) is 0 Å². The Kier molecular flexibility index (Phi) is 8.11. The third kappa shape index (κ3) is 5.87. The number of hydrogen-bond acceptors (Lipinski definition) is 4. The predicted octanol–water partition coefficient (Wildman–Crippen LogP) is 13.9. The summed E-state index contributed by atoms with van der Waals surface area (Å²) in [6.07, 6.45) is 0. The third-order valence-electron chi connectivity index (χ3n) is 11.1. The van der Waals surface area contributed by atoms with Crippen LogP contribution in [0.15, 0.2) is 206 Å². The zero-order valence-corrected chi connectivity index (χ0v) is 31.4. The van der Waals surface area contributed by atoms with Gasteiger partial charge in [0.05, 0.1) is 11.2 Å². The van der Waals surface area contributed by atoms with Gasteiger partial charge in [0, 0.05) is 38.4 Å². The maximum absolute atomic E-state index is 5.33. The van der Waals surface area contributed by atoms with Gasteiger partial charge in [-0.05, 0) is 74.1 Å². The first-order chi connectivity index (χ1) is 28.7. The van der Waals surface area contributed by atoms with Crippen LogP contribution in [0.1, 0.15) is 0 Å². The van der Waals surface area contributed by atoms with Gasteiger partial charge in [0.15, 0.2) is 17.5 Å². The number of hydrogen-bond donors (Lipinski definition) is 0. The summed E-state index contributed by atoms with van der Waals surface area (Å²) in [5.74, 6) is 1.87. The summed E-state index contributed by atoms with van der Waals surface area (Å²) in [5, 5.41) is 8.16. The Bertz CT molecular complexity index is 3260. The van der Waals surface area contributed by atoms with Gasteiger partial charge in [-0.3, -0.25) is 0 Å². The standard InChI is InChI=1S/C54H34N4/c1-4-18-36(19-5-1)51-48-34-47(44-26-12-13-27-45(44)50(48)46-28-14-15-30-49(46)55-51)40-31-39(43-29-16-24-35-17-10-11-25-42(35)43)32-41(33-40)54-57-52(37-20-6-2-7-21-37)56-53(58-54)38-22-8-3-9-23-38/h1-34H. The number of aromatic nitrogens is 4. The number of nitrogens with zero attached hydrogens (tertiary/aromatic N) is 4. The topological polar surface area (TPSA) is 51.6 Å². The van der Waals surface area contributed by atoms with Crippen molar-refractivity contribution in [2.75, 3.05) is 0 Å². The molecule has 0 aliphatic heterocycles. The lowest BCUT2D eigenvalue weighted by Gasteiger charge is -2.18. The molecule has 4 nitrogen and oxygen atoms in total. The number of rotatable bonds is 6. The molecule has 0 spiro atoms. The van der Waals surface area contributed by atoms with Gasteiger partial charge in [0.25, 0.3) is 0 Å². The number of pyridine rings is 1. The van der Waals surface area contributed by atoms with E-state index in [2.05, 4.69) is 170 Å². The zero-order chi connectivity index (χ0) is 38.4. The second-order valence-corrected chi connectivity index (χ2v) is 14.6. The quantitative estimate of drug-likeness (QED) is 0.159. The molecule has 0 aliphatic carbocycles. The van der Waals surface area contributed by atoms with Crippen LogP contribution in [0.4, 0.5) is 0 Å². The Balaban J connectivity index is 1.24. The van der Waals surface area contributed by atoms with Crippen LogP contribution in [0.25, 0.3) is 111 Å². The molecule has 0 radical (unpaired) electrons. The molecule has 0 fully saturated rings. The van der Waals surface area contributed by atoms with E-state index in [0.29, 0.717) is 17.5 Å². The van der Waals surface area contributed by atoms with Crippen molar-refractivity contribution < 1.29 is 0 Å². The molecule has 0 aliphatic rings. The lowest BCUT2D eigenvalue weighted by molar-refractivity contribution is 1.07. The Hall–Kier alpha value is -7.82. The summed E-state index contributed by atoms with van der Waals surface area (Å²) < 4.78 is 0. The van der Waals surface area contributed by atoms with Gasteiger partial charge in [-0.2, -0.15) is 0 Å². The summed E-state index contributed by atoms with van der Waals surface area (Å²) >= 11 is 0. The van der Waals surface area contributed by atoms with Crippen LogP contribution in [0.5, 0.6) is 0 Å². The lowest BCUT2D eigenvalue weighted by Crippen LogP contribution is -2.00. The third-order valence-corrected chi connectivity index (χ3v) is 11.1. The first kappa shape index (κ1) is 33.5. The first-order valence-corrected chi connectivity index (χ1v) is 19.6. The molecular formula is C54H34N4. The number of fused-ring (bicyclic) bond motifs is 6. The van der Waals surface area contributed by atoms with Crippen LogP contribution < -0.4 is 0 Å². The van der Waals surface area contributed by atoms with Crippen LogP contribution >= 0.6 is 0 Å². The SMILES string of the molecule is c1ccc(-c2nc(-c3ccccc3)nc(-c3cc(-c4cccc5ccccc45)cc(-c4cc5c(-c6ccccc6)nc6ccccc6c5c5ccccc45)c3)n2)cc1. The van der Waals surface area contributed by atoms with E-state index in [4.69, 9.17) is 19.9 Å². The summed E-state index contributed by atoms with van der Waals surface area (Å²) in [6, 6.07) is 72.4. The molecule has 0 N–H and O–H groups in total. The first-order valence-electron chi connectivity index (χ1n) is 19.6. The second kappa shape index (κ2) is 14.0. The average Bonchev–Trinajstić information content (AvgIpc) is 3.31. The van der Waals surface area contributed by atoms with Crippen molar-refractivity contribution in [2.24, 2.45) is 0 Å². The summed E-state index contributed by atoms with van der Waals surface area (Å²) in [5.41, 5.74) is 10.2. The fourth-order valence-corrected chi connectivity index (χ4v) is 8.35. The highest BCUT2D eigenvalue weighted by Gasteiger charge is 2.20. The summed E-state index contributed by atoms with van der Waals surface area (Å²) in [4.78, 5) is 20.7. The van der Waals surface area contributed by atoms with E-state index < -0.39 is 0 Å². The predicted molar refractivity (Wildman–Crippen MR) is 240 cm³/mol. The Morgan fingerprint density at radius 1 is 0.259 bits per heavy atom. The monoisotopic (exact) mass is 738 g/mol. The van der Waals surface area contributed by atoms with E-state index in [1.807, 2.05) is 36.4 Å². The minimum Gasteiger partial charge on any atom is -0.247 e. The molecule has 58 heavy (non-hydrogen) atoms. The van der Waals surface area contributed by atoms with Crippen molar-refractivity contribution in [1.82, 2.24) is 19.9 Å². The molecule has 0 amide bonds. The fourth-order valence-electron chi connectivity index (χ4n) is 8.35. The molecule has 4 heteroatoms. The molecule has 9 aromatic carbocycles.